The van der Waals surface area contributed by atoms with Crippen molar-refractivity contribution in [3.63, 3.8) is 0 Å². The van der Waals surface area contributed by atoms with Gasteiger partial charge in [0.2, 0.25) is 15.9 Å². The topological polar surface area (TPSA) is 92.5 Å². The van der Waals surface area contributed by atoms with Gasteiger partial charge in [-0.3, -0.25) is 4.79 Å². The standard InChI is InChI=1S/C18H29N3O3S.ClH/c1-4-18(5-2,13-19)20-25(23,24)17-7-6-15-8-10-21(14(3)22)11-9-16(15)12-17;/h6-7,12,20H,4-5,8-11,13,19H2,1-3H3;1H. The third-order valence-electron chi connectivity index (χ3n) is 5.33. The van der Waals surface area contributed by atoms with Crippen LogP contribution in [0.15, 0.2) is 23.1 Å². The lowest BCUT2D eigenvalue weighted by atomic mass is 9.95. The maximum atomic E-state index is 12.8. The number of amides is 1. The minimum atomic E-state index is -3.64. The SMILES string of the molecule is CCC(CC)(CN)NS(=O)(=O)c1ccc2c(c1)CCN(C(C)=O)CC2.Cl. The number of nitrogens with zero attached hydrogens (tertiary/aromatic N) is 1. The Morgan fingerprint density at radius 2 is 1.77 bits per heavy atom. The second-order valence-electron chi connectivity index (χ2n) is 6.73. The summed E-state index contributed by atoms with van der Waals surface area (Å²) in [4.78, 5) is 13.7. The van der Waals surface area contributed by atoms with Gasteiger partial charge in [0.15, 0.2) is 0 Å². The summed E-state index contributed by atoms with van der Waals surface area (Å²) >= 11 is 0. The van der Waals surface area contributed by atoms with Gasteiger partial charge < -0.3 is 10.6 Å². The van der Waals surface area contributed by atoms with E-state index >= 15 is 0 Å². The van der Waals surface area contributed by atoms with Gasteiger partial charge >= 0.3 is 0 Å². The van der Waals surface area contributed by atoms with Crippen LogP contribution in [-0.2, 0) is 27.7 Å². The molecule has 1 amide bonds. The molecular weight excluding hydrogens is 374 g/mol. The summed E-state index contributed by atoms with van der Waals surface area (Å²) in [5.74, 6) is 0.0564. The molecule has 26 heavy (non-hydrogen) atoms. The predicted octanol–water partition coefficient (Wildman–Crippen LogP) is 1.85. The van der Waals surface area contributed by atoms with Crippen molar-refractivity contribution in [3.05, 3.63) is 29.3 Å². The summed E-state index contributed by atoms with van der Waals surface area (Å²) in [7, 11) is -3.64. The van der Waals surface area contributed by atoms with Gasteiger partial charge in [-0.2, -0.15) is 0 Å². The molecule has 148 valence electrons. The summed E-state index contributed by atoms with van der Waals surface area (Å²) in [5, 5.41) is 0. The molecule has 0 saturated carbocycles. The first kappa shape index (κ1) is 22.9. The second-order valence-corrected chi connectivity index (χ2v) is 8.42. The normalized spacial score (nSPS) is 15.0. The third kappa shape index (κ3) is 4.97. The van der Waals surface area contributed by atoms with E-state index in [0.29, 0.717) is 32.4 Å². The van der Waals surface area contributed by atoms with Crippen molar-refractivity contribution in [2.45, 2.75) is 56.9 Å². The Kier molecular flexibility index (Phi) is 8.07. The molecule has 1 heterocycles. The number of halogens is 1. The number of carbonyl (C=O) groups excluding carboxylic acids is 1. The van der Waals surface area contributed by atoms with Crippen LogP contribution in [0.25, 0.3) is 0 Å². The predicted molar refractivity (Wildman–Crippen MR) is 106 cm³/mol. The van der Waals surface area contributed by atoms with Gasteiger partial charge in [0.1, 0.15) is 0 Å². The monoisotopic (exact) mass is 403 g/mol. The molecule has 0 bridgehead atoms. The molecule has 0 fully saturated rings. The van der Waals surface area contributed by atoms with Crippen molar-refractivity contribution in [3.8, 4) is 0 Å². The highest BCUT2D eigenvalue weighted by Crippen LogP contribution is 2.23. The molecule has 0 unspecified atom stereocenters. The average molecular weight is 404 g/mol. The van der Waals surface area contributed by atoms with Crippen molar-refractivity contribution in [1.29, 1.82) is 0 Å². The van der Waals surface area contributed by atoms with Gasteiger partial charge in [0.25, 0.3) is 0 Å². The number of carbonyl (C=O) groups is 1. The number of benzene rings is 1. The maximum Gasteiger partial charge on any atom is 0.241 e. The van der Waals surface area contributed by atoms with E-state index in [1.165, 1.54) is 0 Å². The van der Waals surface area contributed by atoms with Crippen molar-refractivity contribution in [2.24, 2.45) is 5.73 Å². The molecule has 1 aliphatic rings. The largest absolute Gasteiger partial charge is 0.342 e. The fourth-order valence-electron chi connectivity index (χ4n) is 3.25. The Labute approximate surface area is 163 Å². The molecule has 3 N–H and O–H groups in total. The van der Waals surface area contributed by atoms with Crippen molar-refractivity contribution in [2.75, 3.05) is 19.6 Å². The van der Waals surface area contributed by atoms with E-state index in [2.05, 4.69) is 4.72 Å². The van der Waals surface area contributed by atoms with Crippen LogP contribution in [-0.4, -0.2) is 44.4 Å². The van der Waals surface area contributed by atoms with Gasteiger partial charge in [-0.1, -0.05) is 19.9 Å². The van der Waals surface area contributed by atoms with E-state index < -0.39 is 15.6 Å². The van der Waals surface area contributed by atoms with Crippen LogP contribution in [0.5, 0.6) is 0 Å². The highest BCUT2D eigenvalue weighted by Gasteiger charge is 2.31. The molecule has 1 aliphatic heterocycles. The van der Waals surface area contributed by atoms with Crippen LogP contribution >= 0.6 is 12.4 Å². The lowest BCUT2D eigenvalue weighted by Crippen LogP contribution is -2.52. The zero-order valence-electron chi connectivity index (χ0n) is 15.7. The van der Waals surface area contributed by atoms with Gasteiger partial charge in [0, 0.05) is 32.1 Å². The fraction of sp³-hybridized carbons (Fsp3) is 0.611. The highest BCUT2D eigenvalue weighted by atomic mass is 35.5. The lowest BCUT2D eigenvalue weighted by Gasteiger charge is -2.31. The van der Waals surface area contributed by atoms with Crippen LogP contribution in [0.4, 0.5) is 0 Å². The smallest absolute Gasteiger partial charge is 0.241 e. The molecule has 8 heteroatoms. The highest BCUT2D eigenvalue weighted by molar-refractivity contribution is 7.89. The lowest BCUT2D eigenvalue weighted by molar-refractivity contribution is -0.128. The summed E-state index contributed by atoms with van der Waals surface area (Å²) in [5.41, 5.74) is 7.32. The first-order valence-electron chi connectivity index (χ1n) is 8.88. The minimum absolute atomic E-state index is 0. The van der Waals surface area contributed by atoms with E-state index in [0.717, 1.165) is 17.5 Å². The molecule has 0 aliphatic carbocycles. The summed E-state index contributed by atoms with van der Waals surface area (Å²) in [6, 6.07) is 5.26. The molecule has 0 aromatic heterocycles. The molecular formula is C18H30ClN3O3S. The molecule has 0 radical (unpaired) electrons. The van der Waals surface area contributed by atoms with Gasteiger partial charge in [0.05, 0.1) is 4.90 Å². The van der Waals surface area contributed by atoms with Crippen LogP contribution in [0, 0.1) is 0 Å². The molecule has 0 atom stereocenters. The van der Waals surface area contributed by atoms with Gasteiger partial charge in [-0.25, -0.2) is 13.1 Å². The van der Waals surface area contributed by atoms with Crippen molar-refractivity contribution in [1.82, 2.24) is 9.62 Å². The summed E-state index contributed by atoms with van der Waals surface area (Å²) in [6.45, 7) is 7.00. The van der Waals surface area contributed by atoms with E-state index in [4.69, 9.17) is 5.73 Å². The number of nitrogens with two attached hydrogens (primary N) is 1. The Morgan fingerprint density at radius 3 is 2.27 bits per heavy atom. The van der Waals surface area contributed by atoms with Gasteiger partial charge in [-0.05, 0) is 48.9 Å². The number of hydrogen-bond acceptors (Lipinski definition) is 4. The number of nitrogens with one attached hydrogen (secondary N) is 1. The van der Waals surface area contributed by atoms with E-state index in [1.54, 1.807) is 24.0 Å². The maximum absolute atomic E-state index is 12.8. The molecule has 1 aromatic rings. The summed E-state index contributed by atoms with van der Waals surface area (Å²) in [6.07, 6.45) is 2.69. The number of rotatable bonds is 6. The number of sulfonamides is 1. The van der Waals surface area contributed by atoms with Gasteiger partial charge in [-0.15, -0.1) is 12.4 Å². The van der Waals surface area contributed by atoms with E-state index in [-0.39, 0.29) is 29.8 Å². The van der Waals surface area contributed by atoms with Crippen LogP contribution in [0.2, 0.25) is 0 Å². The minimum Gasteiger partial charge on any atom is -0.342 e. The van der Waals surface area contributed by atoms with Crippen LogP contribution < -0.4 is 10.5 Å². The molecule has 1 aromatic carbocycles. The third-order valence-corrected chi connectivity index (χ3v) is 6.91. The van der Waals surface area contributed by atoms with E-state index in [9.17, 15) is 13.2 Å². The summed E-state index contributed by atoms with van der Waals surface area (Å²) < 4.78 is 28.5. The Morgan fingerprint density at radius 1 is 1.19 bits per heavy atom. The number of fused-ring (bicyclic) bond motifs is 1. The van der Waals surface area contributed by atoms with Crippen molar-refractivity contribution < 1.29 is 13.2 Å². The van der Waals surface area contributed by atoms with Crippen molar-refractivity contribution >= 4 is 28.3 Å². The first-order chi connectivity index (χ1) is 11.8. The zero-order chi connectivity index (χ0) is 18.7. The molecule has 0 spiro atoms. The van der Waals surface area contributed by atoms with Crippen LogP contribution in [0.1, 0.15) is 44.7 Å². The molecule has 0 saturated heterocycles. The van der Waals surface area contributed by atoms with E-state index in [1.807, 2.05) is 19.9 Å². The quantitative estimate of drug-likeness (QED) is 0.758. The Bertz CT molecular complexity index is 725. The Hall–Kier alpha value is -1.15. The molecule has 6 nitrogen and oxygen atoms in total. The number of hydrogen-bond donors (Lipinski definition) is 2. The molecule has 2 rings (SSSR count). The second kappa shape index (κ2) is 9.17. The average Bonchev–Trinajstić information content (AvgIpc) is 2.82. The fourth-order valence-corrected chi connectivity index (χ4v) is 4.86. The zero-order valence-corrected chi connectivity index (χ0v) is 17.4. The van der Waals surface area contributed by atoms with Crippen LogP contribution in [0.3, 0.4) is 0 Å². The first-order valence-corrected chi connectivity index (χ1v) is 10.4. The Balaban J connectivity index is 0.00000338.